The van der Waals surface area contributed by atoms with Gasteiger partial charge in [-0.25, -0.2) is 4.79 Å². The minimum atomic E-state index is -0.463. The minimum absolute atomic E-state index is 0.379. The summed E-state index contributed by atoms with van der Waals surface area (Å²) in [7, 11) is 0. The zero-order valence-electron chi connectivity index (χ0n) is 7.88. The Morgan fingerprint density at radius 1 is 1.79 bits per heavy atom. The molecule has 1 atom stereocenters. The average molecular weight is 193 g/mol. The van der Waals surface area contributed by atoms with E-state index in [1.807, 2.05) is 6.92 Å². The molecular weight excluding hydrogens is 182 g/mol. The van der Waals surface area contributed by atoms with Gasteiger partial charge in [0.15, 0.2) is 0 Å². The number of aromatic nitrogens is 3. The SMILES string of the molecule is C=CC(=O)OC(CC)c1ccnnn1. The number of nitrogens with zero attached hydrogens (tertiary/aromatic N) is 3. The fourth-order valence-electron chi connectivity index (χ4n) is 0.963. The van der Waals surface area contributed by atoms with Crippen LogP contribution in [0.5, 0.6) is 0 Å². The van der Waals surface area contributed by atoms with E-state index in [0.29, 0.717) is 12.1 Å². The largest absolute Gasteiger partial charge is 0.453 e. The molecule has 74 valence electrons. The number of carbonyl (C=O) groups excluding carboxylic acids is 1. The van der Waals surface area contributed by atoms with Crippen molar-refractivity contribution in [1.29, 1.82) is 0 Å². The Hall–Kier alpha value is -1.78. The van der Waals surface area contributed by atoms with Gasteiger partial charge >= 0.3 is 5.97 Å². The van der Waals surface area contributed by atoms with Gasteiger partial charge in [-0.15, -0.1) is 10.2 Å². The smallest absolute Gasteiger partial charge is 0.330 e. The molecule has 1 rings (SSSR count). The van der Waals surface area contributed by atoms with Crippen molar-refractivity contribution < 1.29 is 9.53 Å². The first-order chi connectivity index (χ1) is 6.77. The van der Waals surface area contributed by atoms with Crippen molar-refractivity contribution in [2.75, 3.05) is 0 Å². The highest BCUT2D eigenvalue weighted by molar-refractivity contribution is 5.81. The molecule has 0 aromatic carbocycles. The average Bonchev–Trinajstić information content (AvgIpc) is 2.26. The van der Waals surface area contributed by atoms with Crippen LogP contribution in [0.1, 0.15) is 25.1 Å². The first kappa shape index (κ1) is 10.3. The van der Waals surface area contributed by atoms with Crippen LogP contribution in [0.3, 0.4) is 0 Å². The van der Waals surface area contributed by atoms with E-state index in [1.54, 1.807) is 6.07 Å². The molecule has 0 spiro atoms. The predicted molar refractivity (Wildman–Crippen MR) is 49.1 cm³/mol. The summed E-state index contributed by atoms with van der Waals surface area (Å²) in [4.78, 5) is 11.0. The summed E-state index contributed by atoms with van der Waals surface area (Å²) in [5, 5.41) is 10.8. The van der Waals surface area contributed by atoms with E-state index in [9.17, 15) is 4.79 Å². The van der Waals surface area contributed by atoms with Crippen LogP contribution >= 0.6 is 0 Å². The van der Waals surface area contributed by atoms with E-state index in [0.717, 1.165) is 6.08 Å². The number of esters is 1. The maximum absolute atomic E-state index is 11.0. The van der Waals surface area contributed by atoms with Crippen LogP contribution in [0.2, 0.25) is 0 Å². The molecule has 0 radical (unpaired) electrons. The Morgan fingerprint density at radius 2 is 2.57 bits per heavy atom. The quantitative estimate of drug-likeness (QED) is 0.528. The maximum Gasteiger partial charge on any atom is 0.330 e. The lowest BCUT2D eigenvalue weighted by Gasteiger charge is -2.12. The van der Waals surface area contributed by atoms with Crippen molar-refractivity contribution in [3.63, 3.8) is 0 Å². The van der Waals surface area contributed by atoms with Gasteiger partial charge in [0.1, 0.15) is 11.8 Å². The Balaban J connectivity index is 2.72. The normalized spacial score (nSPS) is 11.8. The molecule has 0 saturated carbocycles. The first-order valence-electron chi connectivity index (χ1n) is 4.25. The zero-order valence-corrected chi connectivity index (χ0v) is 7.88. The Bertz CT molecular complexity index is 313. The van der Waals surface area contributed by atoms with Crippen molar-refractivity contribution >= 4 is 5.97 Å². The third kappa shape index (κ3) is 2.62. The fourth-order valence-corrected chi connectivity index (χ4v) is 0.963. The van der Waals surface area contributed by atoms with Crippen LogP contribution in [-0.4, -0.2) is 21.4 Å². The van der Waals surface area contributed by atoms with Gasteiger partial charge in [0.25, 0.3) is 0 Å². The molecule has 0 N–H and O–H groups in total. The molecule has 0 aliphatic carbocycles. The van der Waals surface area contributed by atoms with Crippen LogP contribution in [0.4, 0.5) is 0 Å². The topological polar surface area (TPSA) is 65.0 Å². The molecule has 1 heterocycles. The van der Waals surface area contributed by atoms with Crippen molar-refractivity contribution in [1.82, 2.24) is 15.4 Å². The lowest BCUT2D eigenvalue weighted by molar-refractivity contribution is -0.143. The standard InChI is InChI=1S/C9H11N3O2/c1-3-8(14-9(13)4-2)7-5-6-10-12-11-7/h4-6,8H,2-3H2,1H3. The van der Waals surface area contributed by atoms with Gasteiger partial charge < -0.3 is 4.74 Å². The van der Waals surface area contributed by atoms with Gasteiger partial charge in [0.05, 0.1) is 6.20 Å². The molecule has 14 heavy (non-hydrogen) atoms. The third-order valence-electron chi connectivity index (χ3n) is 1.65. The van der Waals surface area contributed by atoms with Gasteiger partial charge in [0.2, 0.25) is 0 Å². The van der Waals surface area contributed by atoms with Crippen molar-refractivity contribution in [3.8, 4) is 0 Å². The minimum Gasteiger partial charge on any atom is -0.453 e. The molecule has 0 fully saturated rings. The second kappa shape index (κ2) is 5.06. The van der Waals surface area contributed by atoms with Crippen LogP contribution in [-0.2, 0) is 9.53 Å². The molecule has 0 bridgehead atoms. The summed E-state index contributed by atoms with van der Waals surface area (Å²) in [6, 6.07) is 1.66. The van der Waals surface area contributed by atoms with Crippen LogP contribution in [0, 0.1) is 0 Å². The van der Waals surface area contributed by atoms with E-state index in [1.165, 1.54) is 6.20 Å². The van der Waals surface area contributed by atoms with E-state index >= 15 is 0 Å². The van der Waals surface area contributed by atoms with Crippen molar-refractivity contribution in [2.45, 2.75) is 19.4 Å². The highest BCUT2D eigenvalue weighted by Crippen LogP contribution is 2.17. The number of hydrogen-bond donors (Lipinski definition) is 0. The molecule has 1 aromatic heterocycles. The van der Waals surface area contributed by atoms with Gasteiger partial charge in [-0.3, -0.25) is 0 Å². The maximum atomic E-state index is 11.0. The summed E-state index contributed by atoms with van der Waals surface area (Å²) in [6.45, 7) is 5.21. The highest BCUT2D eigenvalue weighted by atomic mass is 16.5. The molecule has 1 unspecified atom stereocenters. The van der Waals surface area contributed by atoms with Crippen molar-refractivity contribution in [2.24, 2.45) is 0 Å². The third-order valence-corrected chi connectivity index (χ3v) is 1.65. The van der Waals surface area contributed by atoms with E-state index in [2.05, 4.69) is 22.0 Å². The van der Waals surface area contributed by atoms with Gasteiger partial charge in [0, 0.05) is 6.08 Å². The van der Waals surface area contributed by atoms with Crippen LogP contribution in [0.25, 0.3) is 0 Å². The van der Waals surface area contributed by atoms with E-state index < -0.39 is 5.97 Å². The van der Waals surface area contributed by atoms with Crippen LogP contribution < -0.4 is 0 Å². The summed E-state index contributed by atoms with van der Waals surface area (Å²) in [6.07, 6.45) is 2.89. The number of carbonyl (C=O) groups is 1. The molecule has 1 aromatic rings. The predicted octanol–water partition coefficient (Wildman–Crippen LogP) is 1.05. The van der Waals surface area contributed by atoms with Gasteiger partial charge in [-0.05, 0) is 17.7 Å². The number of hydrogen-bond acceptors (Lipinski definition) is 5. The van der Waals surface area contributed by atoms with E-state index in [4.69, 9.17) is 4.74 Å². The summed E-state index contributed by atoms with van der Waals surface area (Å²) < 4.78 is 5.05. The molecule has 5 heteroatoms. The molecule has 5 nitrogen and oxygen atoms in total. The second-order valence-corrected chi connectivity index (χ2v) is 2.58. The Labute approximate surface area is 81.8 Å². The van der Waals surface area contributed by atoms with Gasteiger partial charge in [-0.2, -0.15) is 0 Å². The fraction of sp³-hybridized carbons (Fsp3) is 0.333. The van der Waals surface area contributed by atoms with Crippen molar-refractivity contribution in [3.05, 3.63) is 30.6 Å². The lowest BCUT2D eigenvalue weighted by Crippen LogP contribution is -2.10. The summed E-state index contributed by atoms with van der Waals surface area (Å²) in [5.74, 6) is -0.463. The number of ether oxygens (including phenoxy) is 1. The molecule has 0 amide bonds. The van der Waals surface area contributed by atoms with Crippen LogP contribution in [0.15, 0.2) is 24.9 Å². The Kier molecular flexibility index (Phi) is 3.72. The monoisotopic (exact) mass is 193 g/mol. The lowest BCUT2D eigenvalue weighted by atomic mass is 10.2. The summed E-state index contributed by atoms with van der Waals surface area (Å²) in [5.41, 5.74) is 0.595. The zero-order chi connectivity index (χ0) is 10.4. The summed E-state index contributed by atoms with van der Waals surface area (Å²) >= 11 is 0. The first-order valence-corrected chi connectivity index (χ1v) is 4.25. The number of rotatable bonds is 4. The van der Waals surface area contributed by atoms with Gasteiger partial charge in [-0.1, -0.05) is 13.5 Å². The Morgan fingerprint density at radius 3 is 3.07 bits per heavy atom. The highest BCUT2D eigenvalue weighted by Gasteiger charge is 2.14. The molecule has 0 aliphatic rings. The molecular formula is C9H11N3O2. The van der Waals surface area contributed by atoms with E-state index in [-0.39, 0.29) is 6.10 Å². The molecule has 0 saturated heterocycles. The molecule has 0 aliphatic heterocycles. The second-order valence-electron chi connectivity index (χ2n) is 2.58.